The molecule has 0 bridgehead atoms. The second-order valence-corrected chi connectivity index (χ2v) is 10.9. The summed E-state index contributed by atoms with van der Waals surface area (Å²) in [6.45, 7) is 3.70. The lowest BCUT2D eigenvalue weighted by atomic mass is 10.1. The molecule has 1 N–H and O–H groups in total. The molecule has 38 heavy (non-hydrogen) atoms. The lowest BCUT2D eigenvalue weighted by Gasteiger charge is -2.26. The summed E-state index contributed by atoms with van der Waals surface area (Å²) in [5.74, 6) is -1.79. The number of aryl methyl sites for hydroxylation is 1. The van der Waals surface area contributed by atoms with Crippen molar-refractivity contribution in [3.8, 4) is 11.5 Å². The van der Waals surface area contributed by atoms with Crippen LogP contribution >= 0.6 is 27.5 Å². The topological polar surface area (TPSA) is 119 Å². The van der Waals surface area contributed by atoms with E-state index in [4.69, 9.17) is 20.5 Å². The molecule has 0 atom stereocenters. The van der Waals surface area contributed by atoms with Crippen molar-refractivity contribution in [1.82, 2.24) is 5.32 Å². The number of benzene rings is 3. The Bertz CT molecular complexity index is 1570. The fraction of sp³-hybridized carbons (Fsp3) is 0.115. The van der Waals surface area contributed by atoms with Gasteiger partial charge in [-0.15, -0.1) is 0 Å². The normalized spacial score (nSPS) is 15.0. The number of carbonyl (C=O) groups excluding carboxylic acids is 3. The van der Waals surface area contributed by atoms with Gasteiger partial charge in [0.1, 0.15) is 10.5 Å². The van der Waals surface area contributed by atoms with Crippen LogP contribution in [0.2, 0.25) is 5.02 Å². The van der Waals surface area contributed by atoms with Crippen LogP contribution < -0.4 is 19.1 Å². The summed E-state index contributed by atoms with van der Waals surface area (Å²) in [6, 6.07) is 14.1. The van der Waals surface area contributed by atoms with Crippen LogP contribution in [0.3, 0.4) is 0 Å². The van der Waals surface area contributed by atoms with E-state index in [0.29, 0.717) is 10.6 Å². The molecule has 1 aliphatic rings. The molecule has 1 fully saturated rings. The van der Waals surface area contributed by atoms with Crippen molar-refractivity contribution >= 4 is 67.3 Å². The Hall–Kier alpha value is -3.67. The molecule has 3 aromatic rings. The third-order valence-corrected chi connectivity index (χ3v) is 7.41. The highest BCUT2D eigenvalue weighted by Crippen LogP contribution is 2.39. The maximum atomic E-state index is 13.2. The highest BCUT2D eigenvalue weighted by molar-refractivity contribution is 9.10. The summed E-state index contributed by atoms with van der Waals surface area (Å²) in [4.78, 5) is 38.9. The number of urea groups is 1. The smallest absolute Gasteiger partial charge is 0.339 e. The number of halogens is 2. The molecule has 12 heteroatoms. The number of barbiturate groups is 1. The third kappa shape index (κ3) is 5.74. The van der Waals surface area contributed by atoms with Gasteiger partial charge in [0.15, 0.2) is 11.5 Å². The summed E-state index contributed by atoms with van der Waals surface area (Å²) >= 11 is 9.20. The molecule has 0 aliphatic carbocycles. The zero-order chi connectivity index (χ0) is 27.6. The Morgan fingerprint density at radius 3 is 2.32 bits per heavy atom. The number of ether oxygens (including phenoxy) is 1. The number of anilines is 1. The van der Waals surface area contributed by atoms with E-state index < -0.39 is 28.0 Å². The molecule has 0 unspecified atom stereocenters. The van der Waals surface area contributed by atoms with Crippen molar-refractivity contribution in [1.29, 1.82) is 0 Å². The maximum Gasteiger partial charge on any atom is 0.339 e. The fourth-order valence-corrected chi connectivity index (χ4v) is 5.26. The summed E-state index contributed by atoms with van der Waals surface area (Å²) in [5, 5.41) is 2.55. The Morgan fingerprint density at radius 2 is 1.68 bits per heavy atom. The van der Waals surface area contributed by atoms with Gasteiger partial charge in [0.2, 0.25) is 0 Å². The zero-order valence-corrected chi connectivity index (χ0v) is 23.2. The number of rotatable bonds is 7. The summed E-state index contributed by atoms with van der Waals surface area (Å²) in [6.07, 6.45) is 1.26. The summed E-state index contributed by atoms with van der Waals surface area (Å²) in [7, 11) is -4.20. The average molecular weight is 620 g/mol. The number of hydrogen-bond donors (Lipinski definition) is 1. The Morgan fingerprint density at radius 1 is 1.03 bits per heavy atom. The van der Waals surface area contributed by atoms with Crippen LogP contribution in [0.25, 0.3) is 6.08 Å². The van der Waals surface area contributed by atoms with Crippen LogP contribution in [0.5, 0.6) is 11.5 Å². The van der Waals surface area contributed by atoms with Gasteiger partial charge in [-0.3, -0.25) is 14.9 Å². The molecule has 9 nitrogen and oxygen atoms in total. The van der Waals surface area contributed by atoms with Gasteiger partial charge in [-0.1, -0.05) is 29.3 Å². The molecule has 0 spiro atoms. The molecule has 196 valence electrons. The van der Waals surface area contributed by atoms with Crippen LogP contribution in [-0.4, -0.2) is 32.9 Å². The van der Waals surface area contributed by atoms with Crippen molar-refractivity contribution < 1.29 is 31.7 Å². The number of carbonyl (C=O) groups is 3. The molecule has 1 heterocycles. The molecule has 1 saturated heterocycles. The van der Waals surface area contributed by atoms with Crippen molar-refractivity contribution in [2.45, 2.75) is 18.7 Å². The van der Waals surface area contributed by atoms with E-state index >= 15 is 0 Å². The molecular formula is C26H20BrClN2O7S. The van der Waals surface area contributed by atoms with Crippen LogP contribution in [0.4, 0.5) is 10.5 Å². The van der Waals surface area contributed by atoms with E-state index in [9.17, 15) is 22.8 Å². The lowest BCUT2D eigenvalue weighted by molar-refractivity contribution is -0.122. The first kappa shape index (κ1) is 27.4. The zero-order valence-electron chi connectivity index (χ0n) is 20.0. The second-order valence-electron chi connectivity index (χ2n) is 8.05. The monoisotopic (exact) mass is 618 g/mol. The molecule has 4 amide bonds. The van der Waals surface area contributed by atoms with Gasteiger partial charge >= 0.3 is 16.1 Å². The van der Waals surface area contributed by atoms with E-state index in [-0.39, 0.29) is 38.7 Å². The van der Waals surface area contributed by atoms with Gasteiger partial charge in [-0.2, -0.15) is 8.42 Å². The lowest BCUT2D eigenvalue weighted by Crippen LogP contribution is -2.54. The predicted octanol–water partition coefficient (Wildman–Crippen LogP) is 5.24. The highest BCUT2D eigenvalue weighted by Gasteiger charge is 2.37. The Kier molecular flexibility index (Phi) is 7.91. The first-order valence-electron chi connectivity index (χ1n) is 11.1. The van der Waals surface area contributed by atoms with Crippen LogP contribution in [-0.2, 0) is 19.7 Å². The van der Waals surface area contributed by atoms with Crippen molar-refractivity contribution in [3.63, 3.8) is 0 Å². The minimum atomic E-state index is -4.20. The van der Waals surface area contributed by atoms with E-state index in [1.54, 1.807) is 19.1 Å². The fourth-order valence-electron chi connectivity index (χ4n) is 3.53. The van der Waals surface area contributed by atoms with Crippen LogP contribution in [0, 0.1) is 6.92 Å². The predicted molar refractivity (Wildman–Crippen MR) is 145 cm³/mol. The van der Waals surface area contributed by atoms with Gasteiger partial charge in [-0.25, -0.2) is 9.69 Å². The van der Waals surface area contributed by atoms with Crippen molar-refractivity contribution in [2.24, 2.45) is 0 Å². The molecule has 4 rings (SSSR count). The molecule has 1 aliphatic heterocycles. The minimum absolute atomic E-state index is 0.0416. The first-order chi connectivity index (χ1) is 18.0. The van der Waals surface area contributed by atoms with E-state index in [1.165, 1.54) is 54.6 Å². The summed E-state index contributed by atoms with van der Waals surface area (Å²) < 4.78 is 37.0. The third-order valence-electron chi connectivity index (χ3n) is 5.33. The Balaban J connectivity index is 1.72. The standard InChI is InChI=1S/C26H20BrClN2O7S/c1-3-36-22-14-16(13-21(27)23(22)37-38(34,35)19-10-4-15(2)5-11-19)12-20-24(31)29-26(33)30(25(20)32)18-8-6-17(28)7-9-18/h4-14H,3H2,1-2H3,(H,29,31,33)/b20-12+. The minimum Gasteiger partial charge on any atom is -0.490 e. The average Bonchev–Trinajstić information content (AvgIpc) is 2.85. The highest BCUT2D eigenvalue weighted by atomic mass is 79.9. The number of nitrogens with one attached hydrogen (secondary N) is 1. The summed E-state index contributed by atoms with van der Waals surface area (Å²) in [5.41, 5.74) is 1.09. The van der Waals surface area contributed by atoms with Crippen LogP contribution in [0.15, 0.2) is 75.6 Å². The number of amides is 4. The molecule has 0 aromatic heterocycles. The van der Waals surface area contributed by atoms with Gasteiger partial charge in [0.05, 0.1) is 16.8 Å². The van der Waals surface area contributed by atoms with Crippen molar-refractivity contribution in [3.05, 3.63) is 86.9 Å². The van der Waals surface area contributed by atoms with E-state index in [0.717, 1.165) is 10.5 Å². The molecule has 3 aromatic carbocycles. The van der Waals surface area contributed by atoms with E-state index in [1.807, 2.05) is 6.92 Å². The maximum absolute atomic E-state index is 13.2. The quantitative estimate of drug-likeness (QED) is 0.218. The molecular weight excluding hydrogens is 600 g/mol. The van der Waals surface area contributed by atoms with Crippen LogP contribution in [0.1, 0.15) is 18.1 Å². The van der Waals surface area contributed by atoms with Gasteiger partial charge < -0.3 is 8.92 Å². The van der Waals surface area contributed by atoms with E-state index in [2.05, 4.69) is 21.2 Å². The number of nitrogens with zero attached hydrogens (tertiary/aromatic N) is 1. The number of hydrogen-bond acceptors (Lipinski definition) is 7. The Labute approximate surface area is 232 Å². The van der Waals surface area contributed by atoms with Gasteiger partial charge in [-0.05, 0) is 89.9 Å². The van der Waals surface area contributed by atoms with Gasteiger partial charge in [0.25, 0.3) is 11.8 Å². The largest absolute Gasteiger partial charge is 0.490 e. The number of imide groups is 2. The molecule has 0 radical (unpaired) electrons. The first-order valence-corrected chi connectivity index (χ1v) is 13.7. The van der Waals surface area contributed by atoms with Gasteiger partial charge in [0, 0.05) is 5.02 Å². The second kappa shape index (κ2) is 11.0. The van der Waals surface area contributed by atoms with Crippen molar-refractivity contribution in [2.75, 3.05) is 11.5 Å². The SMILES string of the molecule is CCOc1cc(/C=C2\C(=O)NC(=O)N(c3ccc(Cl)cc3)C2=O)cc(Br)c1OS(=O)(=O)c1ccc(C)cc1. The molecule has 0 saturated carbocycles.